The van der Waals surface area contributed by atoms with Gasteiger partial charge in [0, 0.05) is 51.2 Å². The Bertz CT molecular complexity index is 1170. The van der Waals surface area contributed by atoms with Crippen LogP contribution in [-0.4, -0.2) is 130 Å². The van der Waals surface area contributed by atoms with Gasteiger partial charge in [0.05, 0.1) is 0 Å². The fourth-order valence-electron chi connectivity index (χ4n) is 3.41. The molecule has 31 heteroatoms. The molecule has 0 aliphatic heterocycles. The summed E-state index contributed by atoms with van der Waals surface area (Å²) in [6, 6.07) is -3.25. The van der Waals surface area contributed by atoms with E-state index in [9.17, 15) is 111 Å². The zero-order valence-electron chi connectivity index (χ0n) is 25.3. The maximum Gasteiger partial charge on any atom is 0.488 e. The van der Waals surface area contributed by atoms with Gasteiger partial charge in [-0.3, -0.25) is 0 Å². The van der Waals surface area contributed by atoms with Crippen molar-refractivity contribution in [2.45, 2.75) is 78.7 Å². The minimum atomic E-state index is -8.17. The van der Waals surface area contributed by atoms with Crippen LogP contribution in [0.4, 0.5) is 92.2 Å². The second-order valence-corrected chi connectivity index (χ2v) is 15.4. The third kappa shape index (κ3) is 11.7. The molecule has 0 aliphatic carbocycles. The molecule has 0 fully saturated rings. The van der Waals surface area contributed by atoms with E-state index < -0.39 is 102 Å². The molecule has 0 saturated carbocycles. The largest absolute Gasteiger partial charge is 0.488 e. The van der Waals surface area contributed by atoms with E-state index in [1.54, 1.807) is 0 Å². The minimum Gasteiger partial charge on any atom is -0.390 e. The van der Waals surface area contributed by atoms with E-state index in [-0.39, 0.29) is 45.2 Å². The van der Waals surface area contributed by atoms with E-state index in [2.05, 4.69) is 20.1 Å². The predicted molar refractivity (Wildman–Crippen MR) is 135 cm³/mol. The number of allylic oxidation sites excluding steroid dienone is 1. The van der Waals surface area contributed by atoms with Crippen LogP contribution < -0.4 is 16.0 Å². The van der Waals surface area contributed by atoms with Gasteiger partial charge in [0.15, 0.2) is 5.83 Å². The number of nitrogens with one attached hydrogen (secondary N) is 3. The first-order valence-electron chi connectivity index (χ1n) is 13.7. The van der Waals surface area contributed by atoms with Gasteiger partial charge in [-0.2, -0.15) is 87.8 Å². The highest BCUT2D eigenvalue weighted by atomic mass is 28.5. The van der Waals surface area contributed by atoms with E-state index in [0.717, 1.165) is 0 Å². The second kappa shape index (κ2) is 17.0. The summed E-state index contributed by atoms with van der Waals surface area (Å²) in [5, 5.41) is 7.43. The number of alkyl halides is 20. The minimum absolute atomic E-state index is 0.0279. The molecule has 0 atom stereocenters. The Morgan fingerprint density at radius 1 is 0.500 bits per heavy atom. The van der Waals surface area contributed by atoms with Crippen molar-refractivity contribution >= 4 is 17.6 Å². The Hall–Kier alpha value is -1.62. The molecule has 0 spiro atoms. The maximum atomic E-state index is 13.9. The van der Waals surface area contributed by atoms with Gasteiger partial charge >= 0.3 is 71.4 Å². The lowest BCUT2D eigenvalue weighted by Crippen LogP contribution is -2.70. The van der Waals surface area contributed by atoms with Crippen LogP contribution in [0.3, 0.4) is 0 Å². The first-order valence-corrected chi connectivity index (χ1v) is 17.7. The van der Waals surface area contributed by atoms with Crippen molar-refractivity contribution in [2.24, 2.45) is 0 Å². The number of hydrogen-bond donors (Lipinski definition) is 7. The van der Waals surface area contributed by atoms with Crippen molar-refractivity contribution in [1.82, 2.24) is 16.0 Å². The van der Waals surface area contributed by atoms with Gasteiger partial charge < -0.3 is 39.2 Å². The average Bonchev–Trinajstić information content (AvgIpc) is 2.94. The molecule has 0 unspecified atom stereocenters. The van der Waals surface area contributed by atoms with Crippen LogP contribution in [0.5, 0.6) is 0 Å². The van der Waals surface area contributed by atoms with Crippen molar-refractivity contribution in [1.29, 1.82) is 0 Å². The highest BCUT2D eigenvalue weighted by molar-refractivity contribution is 6.72. The summed E-state index contributed by atoms with van der Waals surface area (Å²) in [7, 11) is -11.3. The highest BCUT2D eigenvalue weighted by Gasteiger charge is 2.90. The molecular formula is C21H28F21N3O5Si2. The Morgan fingerprint density at radius 3 is 1.33 bits per heavy atom. The lowest BCUT2D eigenvalue weighted by atomic mass is 9.93. The molecule has 312 valence electrons. The van der Waals surface area contributed by atoms with Crippen molar-refractivity contribution < 1.29 is 115 Å². The van der Waals surface area contributed by atoms with Gasteiger partial charge in [0.1, 0.15) is 0 Å². The third-order valence-electron chi connectivity index (χ3n) is 6.38. The first kappa shape index (κ1) is 50.4. The molecule has 0 aromatic heterocycles. The van der Waals surface area contributed by atoms with E-state index >= 15 is 0 Å². The standard InChI is InChI=1S/C21H28F21N3O5Si2/c22-12(14(25,26)16(29,30)20(37,38)39)2-5-44-7-9-45-8-6-43-4-1-10-51(46,47)50-52(48,49)11-3-13(23,24)15(27,28)17(31,32)18(33,34)19(35,36)21(40,41)42/h2,43-49H,1,3-11H2/b12-2-. The quantitative estimate of drug-likeness (QED) is 0.0444. The lowest BCUT2D eigenvalue weighted by Gasteiger charge is -2.40. The molecule has 0 amide bonds. The van der Waals surface area contributed by atoms with Gasteiger partial charge in [0.25, 0.3) is 0 Å². The summed E-state index contributed by atoms with van der Waals surface area (Å²) in [6.45, 7) is -1.20. The van der Waals surface area contributed by atoms with E-state index in [4.69, 9.17) is 0 Å². The van der Waals surface area contributed by atoms with Crippen LogP contribution in [0, 0.1) is 0 Å². The zero-order chi connectivity index (χ0) is 41.7. The van der Waals surface area contributed by atoms with Crippen LogP contribution in [0.15, 0.2) is 11.9 Å². The fraction of sp³-hybridized carbons (Fsp3) is 0.905. The lowest BCUT2D eigenvalue weighted by molar-refractivity contribution is -0.440. The van der Waals surface area contributed by atoms with Gasteiger partial charge in [-0.25, -0.2) is 4.39 Å². The molecule has 0 rings (SSSR count). The van der Waals surface area contributed by atoms with Crippen molar-refractivity contribution in [2.75, 3.05) is 39.3 Å². The number of halogens is 21. The summed E-state index contributed by atoms with van der Waals surface area (Å²) in [5.41, 5.74) is 0. The van der Waals surface area contributed by atoms with Crippen molar-refractivity contribution in [3.05, 3.63) is 11.9 Å². The van der Waals surface area contributed by atoms with Crippen LogP contribution >= 0.6 is 0 Å². The molecule has 52 heavy (non-hydrogen) atoms. The topological polar surface area (TPSA) is 126 Å². The van der Waals surface area contributed by atoms with E-state index in [1.807, 2.05) is 0 Å². The SMILES string of the molecule is O[Si](O)(CCCNCCNCCNC/C=C(\F)C(F)(F)C(F)(F)C(F)(F)F)O[Si](O)(O)CCC(F)(F)C(F)(F)C(F)(F)C(F)(F)C(F)(F)C(F)(F)F. The Balaban J connectivity index is 4.76. The van der Waals surface area contributed by atoms with Gasteiger partial charge in [-0.05, 0) is 19.0 Å². The Morgan fingerprint density at radius 2 is 0.885 bits per heavy atom. The number of hydrogen-bond acceptors (Lipinski definition) is 8. The van der Waals surface area contributed by atoms with Gasteiger partial charge in [-0.15, -0.1) is 0 Å². The number of rotatable bonds is 23. The Labute approximate surface area is 279 Å². The molecule has 8 nitrogen and oxygen atoms in total. The van der Waals surface area contributed by atoms with Crippen molar-refractivity contribution in [3.8, 4) is 0 Å². The third-order valence-corrected chi connectivity index (χ3v) is 10.9. The molecule has 0 aliphatic rings. The van der Waals surface area contributed by atoms with Gasteiger partial charge in [0.2, 0.25) is 0 Å². The zero-order valence-corrected chi connectivity index (χ0v) is 27.3. The van der Waals surface area contributed by atoms with E-state index in [0.29, 0.717) is 0 Å². The molecule has 0 aromatic rings. The average molecular weight is 858 g/mol. The molecule has 0 bridgehead atoms. The normalized spacial score (nSPS) is 15.8. The summed E-state index contributed by atoms with van der Waals surface area (Å²) in [5.74, 6) is -54.5. The molecule has 0 radical (unpaired) electrons. The molecule has 0 aromatic carbocycles. The summed E-state index contributed by atoms with van der Waals surface area (Å²) < 4.78 is 276. The maximum absolute atomic E-state index is 13.9. The predicted octanol–water partition coefficient (Wildman–Crippen LogP) is 4.82. The van der Waals surface area contributed by atoms with Crippen LogP contribution in [0.2, 0.25) is 12.1 Å². The Kier molecular flexibility index (Phi) is 16.5. The fourth-order valence-corrected chi connectivity index (χ4v) is 7.60. The summed E-state index contributed by atoms with van der Waals surface area (Å²) in [4.78, 5) is 38.8. The highest BCUT2D eigenvalue weighted by Crippen LogP contribution is 2.61. The van der Waals surface area contributed by atoms with Crippen LogP contribution in [-0.2, 0) is 4.12 Å². The second-order valence-electron chi connectivity index (χ2n) is 10.6. The smallest absolute Gasteiger partial charge is 0.390 e. The van der Waals surface area contributed by atoms with Crippen LogP contribution in [0.25, 0.3) is 0 Å². The van der Waals surface area contributed by atoms with Crippen molar-refractivity contribution in [3.63, 3.8) is 0 Å². The molecule has 0 saturated heterocycles. The molecular weight excluding hydrogens is 829 g/mol. The van der Waals surface area contributed by atoms with Crippen LogP contribution in [0.1, 0.15) is 12.8 Å². The molecule has 0 heterocycles. The summed E-state index contributed by atoms with van der Waals surface area (Å²) >= 11 is 0. The van der Waals surface area contributed by atoms with E-state index in [1.165, 1.54) is 0 Å². The van der Waals surface area contributed by atoms with Gasteiger partial charge in [-0.1, -0.05) is 0 Å². The first-order chi connectivity index (χ1) is 22.8. The summed E-state index contributed by atoms with van der Waals surface area (Å²) in [6.07, 6.45) is -18.0. The monoisotopic (exact) mass is 857 g/mol. The molecule has 7 N–H and O–H groups in total.